The number of halogens is 4. The quantitative estimate of drug-likeness (QED) is 0.320. The maximum Gasteiger partial charge on any atom is 0.435 e. The lowest BCUT2D eigenvalue weighted by molar-refractivity contribution is -0.141. The van der Waals surface area contributed by atoms with E-state index in [-0.39, 0.29) is 18.0 Å². The molecular weight excluding hydrogens is 449 g/mol. The van der Waals surface area contributed by atoms with Gasteiger partial charge in [0.05, 0.1) is 5.69 Å². The first-order chi connectivity index (χ1) is 15.6. The van der Waals surface area contributed by atoms with Gasteiger partial charge >= 0.3 is 6.18 Å². The molecular formula is C25H38ClF3N4. The number of alkyl halides is 3. The summed E-state index contributed by atoms with van der Waals surface area (Å²) in [6.07, 6.45) is 5.34. The lowest BCUT2D eigenvalue weighted by Gasteiger charge is -2.22. The number of imidazole rings is 2. The average molecular weight is 487 g/mol. The number of nitrogens with zero attached hydrogens (tertiary/aromatic N) is 4. The summed E-state index contributed by atoms with van der Waals surface area (Å²) in [7, 11) is 0. The second-order valence-electron chi connectivity index (χ2n) is 8.64. The molecule has 0 unspecified atom stereocenters. The minimum Gasteiger partial charge on any atom is -0.297 e. The number of hydrogen-bond acceptors (Lipinski definition) is 2. The zero-order valence-electron chi connectivity index (χ0n) is 20.8. The summed E-state index contributed by atoms with van der Waals surface area (Å²) in [5.41, 5.74) is 1.48. The van der Waals surface area contributed by atoms with Crippen LogP contribution in [0.15, 0.2) is 29.5 Å². The van der Waals surface area contributed by atoms with Crippen LogP contribution in [0.25, 0.3) is 5.78 Å². The highest BCUT2D eigenvalue weighted by Crippen LogP contribution is 2.35. The zero-order valence-corrected chi connectivity index (χ0v) is 21.5. The van der Waals surface area contributed by atoms with E-state index in [4.69, 9.17) is 11.6 Å². The Kier molecular flexibility index (Phi) is 10.1. The predicted molar refractivity (Wildman–Crippen MR) is 131 cm³/mol. The molecule has 0 atom stereocenters. The highest BCUT2D eigenvalue weighted by atomic mass is 35.5. The van der Waals surface area contributed by atoms with E-state index in [0.29, 0.717) is 17.6 Å². The maximum atomic E-state index is 13.9. The number of fused-ring (bicyclic) bond motifs is 1. The highest BCUT2D eigenvalue weighted by Gasteiger charge is 2.39. The van der Waals surface area contributed by atoms with Crippen LogP contribution in [0.3, 0.4) is 0 Å². The smallest absolute Gasteiger partial charge is 0.297 e. The maximum absolute atomic E-state index is 13.9. The van der Waals surface area contributed by atoms with Gasteiger partial charge in [-0.25, -0.2) is 4.98 Å². The molecule has 33 heavy (non-hydrogen) atoms. The summed E-state index contributed by atoms with van der Waals surface area (Å²) < 4.78 is 44.8. The number of rotatable bonds is 10. The molecule has 4 nitrogen and oxygen atoms in total. The van der Waals surface area contributed by atoms with E-state index in [1.165, 1.54) is 4.40 Å². The van der Waals surface area contributed by atoms with Crippen LogP contribution in [-0.2, 0) is 19.3 Å². The molecule has 0 aromatic carbocycles. The molecule has 2 aromatic rings. The van der Waals surface area contributed by atoms with Crippen molar-refractivity contribution < 1.29 is 13.2 Å². The first-order valence-corrected chi connectivity index (χ1v) is 12.4. The summed E-state index contributed by atoms with van der Waals surface area (Å²) in [4.78, 5) is 6.15. The fourth-order valence-corrected chi connectivity index (χ4v) is 4.30. The second kappa shape index (κ2) is 12.1. The van der Waals surface area contributed by atoms with Gasteiger partial charge in [-0.2, -0.15) is 13.2 Å². The van der Waals surface area contributed by atoms with Crippen LogP contribution in [0.1, 0.15) is 78.6 Å². The van der Waals surface area contributed by atoms with Crippen LogP contribution >= 0.6 is 11.6 Å². The van der Waals surface area contributed by atoms with Crippen LogP contribution in [-0.4, -0.2) is 31.9 Å². The number of allylic oxidation sites excluding steroid dienone is 4. The Labute approximate surface area is 201 Å². The van der Waals surface area contributed by atoms with Crippen molar-refractivity contribution in [1.82, 2.24) is 18.9 Å². The van der Waals surface area contributed by atoms with Crippen molar-refractivity contribution in [1.29, 1.82) is 0 Å². The lowest BCUT2D eigenvalue weighted by atomic mass is 10.1. The summed E-state index contributed by atoms with van der Waals surface area (Å²) in [6, 6.07) is 0. The van der Waals surface area contributed by atoms with E-state index in [1.54, 1.807) is 10.8 Å². The van der Waals surface area contributed by atoms with Crippen LogP contribution < -0.4 is 0 Å². The molecule has 0 amide bonds. The molecule has 3 rings (SSSR count). The Morgan fingerprint density at radius 2 is 1.91 bits per heavy atom. The van der Waals surface area contributed by atoms with Crippen molar-refractivity contribution in [3.63, 3.8) is 0 Å². The van der Waals surface area contributed by atoms with Gasteiger partial charge in [-0.1, -0.05) is 62.6 Å². The van der Waals surface area contributed by atoms with Gasteiger partial charge in [0.15, 0.2) is 5.69 Å². The summed E-state index contributed by atoms with van der Waals surface area (Å²) in [5, 5.41) is 0.381. The molecule has 0 spiro atoms. The Hall–Kier alpha value is -1.73. The molecule has 8 heteroatoms. The Balaban J connectivity index is 0.00000187. The molecule has 0 N–H and O–H groups in total. The Morgan fingerprint density at radius 1 is 1.24 bits per heavy atom. The fourth-order valence-electron chi connectivity index (χ4n) is 4.07. The van der Waals surface area contributed by atoms with Crippen LogP contribution in [0, 0.1) is 5.92 Å². The third-order valence-corrected chi connectivity index (χ3v) is 5.83. The average Bonchev–Trinajstić information content (AvgIpc) is 3.41. The van der Waals surface area contributed by atoms with Crippen molar-refractivity contribution in [2.45, 2.75) is 86.5 Å². The molecule has 0 bridgehead atoms. The van der Waals surface area contributed by atoms with Crippen LogP contribution in [0.5, 0.6) is 0 Å². The van der Waals surface area contributed by atoms with E-state index >= 15 is 0 Å². The second-order valence-corrected chi connectivity index (χ2v) is 9.03. The van der Waals surface area contributed by atoms with Crippen molar-refractivity contribution in [2.75, 3.05) is 13.1 Å². The van der Waals surface area contributed by atoms with Gasteiger partial charge in [0.1, 0.15) is 5.15 Å². The highest BCUT2D eigenvalue weighted by molar-refractivity contribution is 6.29. The van der Waals surface area contributed by atoms with Gasteiger partial charge in [-0.05, 0) is 52.0 Å². The van der Waals surface area contributed by atoms with Gasteiger partial charge in [0.25, 0.3) is 0 Å². The van der Waals surface area contributed by atoms with Gasteiger partial charge in [-0.3, -0.25) is 13.9 Å². The van der Waals surface area contributed by atoms with Crippen LogP contribution in [0.2, 0.25) is 5.15 Å². The Morgan fingerprint density at radius 3 is 2.45 bits per heavy atom. The van der Waals surface area contributed by atoms with Crippen molar-refractivity contribution in [3.05, 3.63) is 46.0 Å². The zero-order chi connectivity index (χ0) is 24.8. The van der Waals surface area contributed by atoms with Crippen molar-refractivity contribution in [2.24, 2.45) is 5.92 Å². The monoisotopic (exact) mass is 486 g/mol. The topological polar surface area (TPSA) is 25.5 Å². The van der Waals surface area contributed by atoms with Gasteiger partial charge < -0.3 is 0 Å². The minimum atomic E-state index is -4.51. The summed E-state index contributed by atoms with van der Waals surface area (Å²) in [6.45, 7) is 14.3. The fraction of sp³-hybridized carbons (Fsp3) is 0.640. The summed E-state index contributed by atoms with van der Waals surface area (Å²) in [5.74, 6) is 0.838. The van der Waals surface area contributed by atoms with E-state index in [0.717, 1.165) is 49.9 Å². The molecule has 1 fully saturated rings. The standard InChI is InChI=1S/C23H32ClF3N4.C2H6/c1-5-7-16(3)11-17(4)12-31-20(24)15-30-19(21(23(25,26)27)28-22(30)31)14-29(10-6-2)13-18-8-9-18;1-2/h7,11,15,18H,5-6,8-10,12-14H2,1-4H3;1-2H3/b16-7-,17-11-;. The first kappa shape index (κ1) is 27.5. The molecule has 1 saturated carbocycles. The number of hydrogen-bond donors (Lipinski definition) is 0. The normalized spacial score (nSPS) is 15.4. The van der Waals surface area contributed by atoms with E-state index in [9.17, 15) is 13.2 Å². The molecule has 2 aromatic heterocycles. The molecule has 0 saturated heterocycles. The third-order valence-electron chi connectivity index (χ3n) is 5.53. The molecule has 186 valence electrons. The van der Waals surface area contributed by atoms with E-state index in [1.807, 2.05) is 40.7 Å². The third kappa shape index (κ3) is 7.38. The molecule has 1 aliphatic rings. The van der Waals surface area contributed by atoms with Crippen molar-refractivity contribution >= 4 is 17.4 Å². The molecule has 2 heterocycles. The van der Waals surface area contributed by atoms with E-state index < -0.39 is 11.9 Å². The largest absolute Gasteiger partial charge is 0.435 e. The van der Waals surface area contributed by atoms with Crippen LogP contribution in [0.4, 0.5) is 13.2 Å². The molecule has 1 aliphatic carbocycles. The van der Waals surface area contributed by atoms with E-state index in [2.05, 4.69) is 22.9 Å². The van der Waals surface area contributed by atoms with Gasteiger partial charge in [-0.15, -0.1) is 0 Å². The molecule has 0 radical (unpaired) electrons. The lowest BCUT2D eigenvalue weighted by Crippen LogP contribution is -2.28. The van der Waals surface area contributed by atoms with Crippen molar-refractivity contribution in [3.8, 4) is 0 Å². The van der Waals surface area contributed by atoms with Gasteiger partial charge in [0, 0.05) is 25.8 Å². The summed E-state index contributed by atoms with van der Waals surface area (Å²) >= 11 is 6.45. The van der Waals surface area contributed by atoms with Gasteiger partial charge in [0.2, 0.25) is 5.78 Å². The molecule has 0 aliphatic heterocycles. The predicted octanol–water partition coefficient (Wildman–Crippen LogP) is 7.76. The minimum absolute atomic E-state index is 0.168. The first-order valence-electron chi connectivity index (χ1n) is 12.0. The SMILES string of the molecule is CC.CC/C=C(C)\C=C(\C)Cn1c(Cl)cn2c(CN(CCC)CC3CC3)c(C(F)(F)F)nc12. The number of aromatic nitrogens is 3. The Bertz CT molecular complexity index is 965.